The Kier molecular flexibility index (Phi) is 4.27. The first-order valence-electron chi connectivity index (χ1n) is 7.98. The minimum atomic E-state index is -0.268. The molecule has 3 rings (SSSR count). The third-order valence-corrected chi connectivity index (χ3v) is 3.84. The van der Waals surface area contributed by atoms with Gasteiger partial charge in [-0.3, -0.25) is 5.32 Å². The molecule has 7 nitrogen and oxygen atoms in total. The van der Waals surface area contributed by atoms with Crippen molar-refractivity contribution in [1.29, 1.82) is 0 Å². The van der Waals surface area contributed by atoms with Crippen molar-refractivity contribution in [2.24, 2.45) is 0 Å². The van der Waals surface area contributed by atoms with Crippen LogP contribution >= 0.6 is 0 Å². The highest BCUT2D eigenvalue weighted by atomic mass is 16.2. The van der Waals surface area contributed by atoms with Crippen molar-refractivity contribution in [3.05, 3.63) is 35.5 Å². The smallest absolute Gasteiger partial charge is 0.320 e. The van der Waals surface area contributed by atoms with E-state index < -0.39 is 0 Å². The molecule has 0 bridgehead atoms. The summed E-state index contributed by atoms with van der Waals surface area (Å²) in [6.07, 6.45) is 1.84. The van der Waals surface area contributed by atoms with Gasteiger partial charge in [0, 0.05) is 18.2 Å². The number of carbonyl (C=O) groups is 1. The van der Waals surface area contributed by atoms with Crippen molar-refractivity contribution in [2.45, 2.75) is 52.1 Å². The van der Waals surface area contributed by atoms with Crippen molar-refractivity contribution in [1.82, 2.24) is 25.1 Å². The van der Waals surface area contributed by atoms with Crippen LogP contribution in [0.1, 0.15) is 56.0 Å². The van der Waals surface area contributed by atoms with E-state index in [4.69, 9.17) is 0 Å². The number of nitrogens with one attached hydrogen (secondary N) is 2. The van der Waals surface area contributed by atoms with Gasteiger partial charge in [0.05, 0.1) is 6.04 Å². The molecule has 0 fully saturated rings. The molecule has 0 saturated carbocycles. The van der Waals surface area contributed by atoms with Gasteiger partial charge in [-0.05, 0) is 31.9 Å². The van der Waals surface area contributed by atoms with E-state index in [9.17, 15) is 4.79 Å². The van der Waals surface area contributed by atoms with Crippen LogP contribution in [0.5, 0.6) is 0 Å². The zero-order valence-electron chi connectivity index (χ0n) is 13.7. The van der Waals surface area contributed by atoms with E-state index in [-0.39, 0.29) is 18.0 Å². The molecule has 0 radical (unpaired) electrons. The van der Waals surface area contributed by atoms with Crippen LogP contribution in [0.4, 0.5) is 10.6 Å². The number of fused-ring (bicyclic) bond motifs is 1. The van der Waals surface area contributed by atoms with Gasteiger partial charge in [-0.25, -0.2) is 19.4 Å². The van der Waals surface area contributed by atoms with Gasteiger partial charge in [0.25, 0.3) is 0 Å². The van der Waals surface area contributed by atoms with Gasteiger partial charge in [-0.15, -0.1) is 0 Å². The van der Waals surface area contributed by atoms with Crippen LogP contribution in [0.3, 0.4) is 0 Å². The number of nitrogens with zero attached hydrogens (tertiary/aromatic N) is 4. The molecule has 2 N–H and O–H groups in total. The number of hydrogen-bond donors (Lipinski definition) is 2. The fraction of sp³-hybridized carbons (Fsp3) is 0.500. The summed E-state index contributed by atoms with van der Waals surface area (Å²) < 4.78 is 1.91. The van der Waals surface area contributed by atoms with E-state index in [0.717, 1.165) is 36.7 Å². The molecule has 1 aliphatic rings. The number of urea groups is 1. The number of aryl methyl sites for hydroxylation is 2. The maximum absolute atomic E-state index is 12.2. The summed E-state index contributed by atoms with van der Waals surface area (Å²) in [5, 5.41) is 10.3. The average molecular weight is 314 g/mol. The van der Waals surface area contributed by atoms with Gasteiger partial charge < -0.3 is 5.32 Å². The van der Waals surface area contributed by atoms with Crippen molar-refractivity contribution in [2.75, 3.05) is 5.32 Å². The normalized spacial score (nSPS) is 17.0. The second-order valence-electron chi connectivity index (χ2n) is 6.16. The molecule has 7 heteroatoms. The molecule has 0 aromatic carbocycles. The monoisotopic (exact) mass is 314 g/mol. The molecule has 23 heavy (non-hydrogen) atoms. The first-order chi connectivity index (χ1) is 11.0. The van der Waals surface area contributed by atoms with Crippen LogP contribution < -0.4 is 10.6 Å². The van der Waals surface area contributed by atoms with Crippen LogP contribution in [-0.2, 0) is 6.54 Å². The Hall–Kier alpha value is -2.44. The summed E-state index contributed by atoms with van der Waals surface area (Å²) >= 11 is 0. The Morgan fingerprint density at radius 3 is 2.91 bits per heavy atom. The SMILES string of the molecule is Cc1cccc(NC(=O)N[C@H]2CCCn3nc(C(C)C)nc32)n1. The van der Waals surface area contributed by atoms with Gasteiger partial charge in [-0.2, -0.15) is 5.10 Å². The molecule has 0 spiro atoms. The third-order valence-electron chi connectivity index (χ3n) is 3.84. The molecule has 122 valence electrons. The van der Waals surface area contributed by atoms with Crippen LogP contribution in [0.15, 0.2) is 18.2 Å². The number of anilines is 1. The van der Waals surface area contributed by atoms with Crippen LogP contribution in [0.25, 0.3) is 0 Å². The first-order valence-corrected chi connectivity index (χ1v) is 7.98. The van der Waals surface area contributed by atoms with Crippen LogP contribution in [0.2, 0.25) is 0 Å². The van der Waals surface area contributed by atoms with Gasteiger partial charge in [-0.1, -0.05) is 19.9 Å². The first kappa shape index (κ1) is 15.5. The summed E-state index contributed by atoms with van der Waals surface area (Å²) in [6.45, 7) is 6.88. The Labute approximate surface area is 135 Å². The summed E-state index contributed by atoms with van der Waals surface area (Å²) in [4.78, 5) is 21.1. The number of pyridine rings is 1. The Morgan fingerprint density at radius 2 is 2.17 bits per heavy atom. The third kappa shape index (κ3) is 3.49. The Morgan fingerprint density at radius 1 is 1.35 bits per heavy atom. The second-order valence-corrected chi connectivity index (χ2v) is 6.16. The molecular formula is C16H22N6O. The summed E-state index contributed by atoms with van der Waals surface area (Å²) in [5.41, 5.74) is 0.863. The minimum absolute atomic E-state index is 0.117. The van der Waals surface area contributed by atoms with E-state index in [0.29, 0.717) is 5.82 Å². The van der Waals surface area contributed by atoms with Gasteiger partial charge in [0.1, 0.15) is 11.6 Å². The molecule has 1 aliphatic heterocycles. The highest BCUT2D eigenvalue weighted by Gasteiger charge is 2.26. The molecule has 0 saturated heterocycles. The van der Waals surface area contributed by atoms with Crippen molar-refractivity contribution in [3.63, 3.8) is 0 Å². The lowest BCUT2D eigenvalue weighted by atomic mass is 10.1. The lowest BCUT2D eigenvalue weighted by Gasteiger charge is -2.23. The number of amides is 2. The summed E-state index contributed by atoms with van der Waals surface area (Å²) in [5.74, 6) is 2.49. The van der Waals surface area contributed by atoms with Crippen molar-refractivity contribution < 1.29 is 4.79 Å². The minimum Gasteiger partial charge on any atom is -0.328 e. The highest BCUT2D eigenvalue weighted by Crippen LogP contribution is 2.24. The van der Waals surface area contributed by atoms with Crippen molar-refractivity contribution in [3.8, 4) is 0 Å². The summed E-state index contributed by atoms with van der Waals surface area (Å²) in [6, 6.07) is 5.14. The molecule has 1 atom stereocenters. The van der Waals surface area contributed by atoms with Crippen LogP contribution in [0, 0.1) is 6.92 Å². The second kappa shape index (κ2) is 6.36. The quantitative estimate of drug-likeness (QED) is 0.912. The van der Waals surface area contributed by atoms with E-state index in [1.165, 1.54) is 0 Å². The molecule has 2 aromatic heterocycles. The number of rotatable bonds is 3. The number of aromatic nitrogens is 4. The lowest BCUT2D eigenvalue weighted by Crippen LogP contribution is -2.36. The topological polar surface area (TPSA) is 84.7 Å². The zero-order chi connectivity index (χ0) is 16.4. The van der Waals surface area contributed by atoms with Gasteiger partial charge in [0.2, 0.25) is 0 Å². The van der Waals surface area contributed by atoms with Gasteiger partial charge >= 0.3 is 6.03 Å². The highest BCUT2D eigenvalue weighted by molar-refractivity contribution is 5.88. The van der Waals surface area contributed by atoms with E-state index in [1.54, 1.807) is 6.07 Å². The maximum atomic E-state index is 12.2. The Balaban J connectivity index is 1.70. The largest absolute Gasteiger partial charge is 0.328 e. The van der Waals surface area contributed by atoms with E-state index >= 15 is 0 Å². The summed E-state index contributed by atoms with van der Waals surface area (Å²) in [7, 11) is 0. The van der Waals surface area contributed by atoms with Crippen molar-refractivity contribution >= 4 is 11.8 Å². The average Bonchev–Trinajstić information content (AvgIpc) is 2.92. The number of hydrogen-bond acceptors (Lipinski definition) is 4. The van der Waals surface area contributed by atoms with E-state index in [1.807, 2.05) is 23.7 Å². The standard InChI is InChI=1S/C16H22N6O/c1-10(2)14-20-15-12(7-5-9-22(15)21-14)18-16(23)19-13-8-4-6-11(3)17-13/h4,6,8,10,12H,5,7,9H2,1-3H3,(H2,17,18,19,23)/t12-/m0/s1. The molecule has 3 heterocycles. The predicted molar refractivity (Wildman–Crippen MR) is 87.2 cm³/mol. The molecule has 2 amide bonds. The fourth-order valence-corrected chi connectivity index (χ4v) is 2.67. The molecular weight excluding hydrogens is 292 g/mol. The zero-order valence-corrected chi connectivity index (χ0v) is 13.7. The Bertz CT molecular complexity index is 708. The van der Waals surface area contributed by atoms with Gasteiger partial charge in [0.15, 0.2) is 5.82 Å². The molecule has 0 unspecified atom stereocenters. The lowest BCUT2D eigenvalue weighted by molar-refractivity contribution is 0.244. The molecule has 2 aromatic rings. The maximum Gasteiger partial charge on any atom is 0.320 e. The molecule has 0 aliphatic carbocycles. The predicted octanol–water partition coefficient (Wildman–Crippen LogP) is 2.76. The van der Waals surface area contributed by atoms with E-state index in [2.05, 4.69) is 39.5 Å². The fourth-order valence-electron chi connectivity index (χ4n) is 2.67. The van der Waals surface area contributed by atoms with Crippen LogP contribution in [-0.4, -0.2) is 25.8 Å². The number of carbonyl (C=O) groups excluding carboxylic acids is 1.